The van der Waals surface area contributed by atoms with Gasteiger partial charge in [0, 0.05) is 31.9 Å². The Morgan fingerprint density at radius 1 is 1.17 bits per heavy atom. The number of hydrogen-bond acceptors (Lipinski definition) is 7. The molecule has 1 fully saturated rings. The first-order valence-electron chi connectivity index (χ1n) is 9.50. The number of rotatable bonds is 5. The van der Waals surface area contributed by atoms with Crippen LogP contribution >= 0.6 is 0 Å². The summed E-state index contributed by atoms with van der Waals surface area (Å²) in [4.78, 5) is 28.2. The normalized spacial score (nSPS) is 14.0. The molecule has 0 radical (unpaired) electrons. The number of para-hydroxylation sites is 2. The van der Waals surface area contributed by atoms with Gasteiger partial charge in [-0.05, 0) is 36.4 Å². The lowest BCUT2D eigenvalue weighted by molar-refractivity contribution is -0.123. The highest BCUT2D eigenvalue weighted by Crippen LogP contribution is 2.27. The summed E-state index contributed by atoms with van der Waals surface area (Å²) in [5.74, 6) is -1.22. The van der Waals surface area contributed by atoms with Crippen LogP contribution in [0.3, 0.4) is 0 Å². The van der Waals surface area contributed by atoms with Crippen molar-refractivity contribution in [3.63, 3.8) is 0 Å². The third kappa shape index (κ3) is 4.77. The molecule has 30 heavy (non-hydrogen) atoms. The number of benzene rings is 2. The Balaban J connectivity index is 1.85. The van der Waals surface area contributed by atoms with Crippen molar-refractivity contribution >= 4 is 34.6 Å². The summed E-state index contributed by atoms with van der Waals surface area (Å²) in [6.07, 6.45) is 1.33. The molecule has 1 aliphatic rings. The van der Waals surface area contributed by atoms with E-state index < -0.39 is 11.8 Å². The summed E-state index contributed by atoms with van der Waals surface area (Å²) >= 11 is 0. The molecule has 2 aromatic rings. The van der Waals surface area contributed by atoms with Crippen molar-refractivity contribution in [2.45, 2.75) is 6.92 Å². The van der Waals surface area contributed by atoms with Gasteiger partial charge >= 0.3 is 0 Å². The second-order valence-electron chi connectivity index (χ2n) is 6.68. The molecule has 154 valence electrons. The lowest BCUT2D eigenvalue weighted by atomic mass is 10.2. The van der Waals surface area contributed by atoms with Crippen molar-refractivity contribution in [3.8, 4) is 6.07 Å². The molecule has 3 N–H and O–H groups in total. The van der Waals surface area contributed by atoms with Gasteiger partial charge in [0.15, 0.2) is 0 Å². The highest BCUT2D eigenvalue weighted by molar-refractivity contribution is 6.21. The number of amides is 2. The molecule has 2 aromatic carbocycles. The highest BCUT2D eigenvalue weighted by Gasteiger charge is 2.24. The minimum atomic E-state index is -0.717. The molecule has 8 heteroatoms. The van der Waals surface area contributed by atoms with Gasteiger partial charge in [-0.15, -0.1) is 0 Å². The SMILES string of the molecule is CC(=O)N(C(=O)/C(C#N)=C\Nc1ccccc1N1CCOCC1)c1ccc(N)cc1. The molecule has 0 spiro atoms. The molecule has 0 saturated carbocycles. The quantitative estimate of drug-likeness (QED) is 0.446. The maximum Gasteiger partial charge on any atom is 0.277 e. The molecule has 3 rings (SSSR count). The topological polar surface area (TPSA) is 112 Å². The van der Waals surface area contributed by atoms with Crippen LogP contribution in [0.4, 0.5) is 22.7 Å². The number of nitrogens with zero attached hydrogens (tertiary/aromatic N) is 3. The smallest absolute Gasteiger partial charge is 0.277 e. The van der Waals surface area contributed by atoms with Crippen LogP contribution < -0.4 is 20.9 Å². The second kappa shape index (κ2) is 9.58. The van der Waals surface area contributed by atoms with E-state index in [2.05, 4.69) is 10.2 Å². The van der Waals surface area contributed by atoms with Gasteiger partial charge in [0.2, 0.25) is 5.91 Å². The van der Waals surface area contributed by atoms with Gasteiger partial charge in [0.05, 0.1) is 30.3 Å². The Morgan fingerprint density at radius 2 is 1.83 bits per heavy atom. The number of carbonyl (C=O) groups is 2. The summed E-state index contributed by atoms with van der Waals surface area (Å²) in [6, 6.07) is 15.8. The fourth-order valence-electron chi connectivity index (χ4n) is 3.15. The van der Waals surface area contributed by atoms with E-state index >= 15 is 0 Å². The number of hydrogen-bond donors (Lipinski definition) is 2. The van der Waals surface area contributed by atoms with Crippen LogP contribution in [0.1, 0.15) is 6.92 Å². The van der Waals surface area contributed by atoms with Crippen LogP contribution in [0, 0.1) is 11.3 Å². The summed E-state index contributed by atoms with van der Waals surface area (Å²) in [7, 11) is 0. The van der Waals surface area contributed by atoms with Gasteiger partial charge in [-0.25, -0.2) is 4.90 Å². The molecular weight excluding hydrogens is 382 g/mol. The monoisotopic (exact) mass is 405 g/mol. The summed E-state index contributed by atoms with van der Waals surface area (Å²) in [6.45, 7) is 4.05. The average Bonchev–Trinajstić information content (AvgIpc) is 2.76. The number of nitrogens with two attached hydrogens (primary N) is 1. The molecule has 0 unspecified atom stereocenters. The Bertz CT molecular complexity index is 989. The second-order valence-corrected chi connectivity index (χ2v) is 6.68. The highest BCUT2D eigenvalue weighted by atomic mass is 16.5. The third-order valence-corrected chi connectivity index (χ3v) is 4.65. The average molecular weight is 405 g/mol. The first kappa shape index (κ1) is 20.9. The standard InChI is InChI=1S/C22H23N5O3/c1-16(28)27(19-8-6-18(24)7-9-19)22(29)17(14-23)15-25-20-4-2-3-5-21(20)26-10-12-30-13-11-26/h2-9,15,25H,10-13,24H2,1H3/b17-15-. The van der Waals surface area contributed by atoms with E-state index in [9.17, 15) is 14.9 Å². The number of nitrogen functional groups attached to an aromatic ring is 1. The molecule has 2 amide bonds. The van der Waals surface area contributed by atoms with E-state index in [1.165, 1.54) is 13.1 Å². The number of carbonyl (C=O) groups excluding carboxylic acids is 2. The maximum absolute atomic E-state index is 12.9. The number of nitrogens with one attached hydrogen (secondary N) is 1. The van der Waals surface area contributed by atoms with Crippen molar-refractivity contribution in [2.24, 2.45) is 0 Å². The summed E-state index contributed by atoms with van der Waals surface area (Å²) < 4.78 is 5.40. The largest absolute Gasteiger partial charge is 0.399 e. The maximum atomic E-state index is 12.9. The first-order valence-corrected chi connectivity index (χ1v) is 9.50. The Hall–Kier alpha value is -3.83. The van der Waals surface area contributed by atoms with E-state index in [0.717, 1.165) is 29.4 Å². The van der Waals surface area contributed by atoms with Crippen LogP contribution in [0.15, 0.2) is 60.3 Å². The molecule has 0 bridgehead atoms. The van der Waals surface area contributed by atoms with E-state index in [1.807, 2.05) is 30.3 Å². The lowest BCUT2D eigenvalue weighted by Crippen LogP contribution is -2.37. The lowest BCUT2D eigenvalue weighted by Gasteiger charge is -2.30. The zero-order valence-electron chi connectivity index (χ0n) is 16.7. The number of ether oxygens (including phenoxy) is 1. The van der Waals surface area contributed by atoms with Crippen molar-refractivity contribution < 1.29 is 14.3 Å². The summed E-state index contributed by atoms with van der Waals surface area (Å²) in [5.41, 5.74) is 8.03. The molecule has 8 nitrogen and oxygen atoms in total. The summed E-state index contributed by atoms with van der Waals surface area (Å²) in [5, 5.41) is 12.6. The van der Waals surface area contributed by atoms with Crippen molar-refractivity contribution in [2.75, 3.05) is 47.2 Å². The zero-order valence-corrected chi connectivity index (χ0v) is 16.7. The molecule has 0 aliphatic carbocycles. The fraction of sp³-hybridized carbons (Fsp3) is 0.227. The molecule has 0 aromatic heterocycles. The number of imide groups is 1. The van der Waals surface area contributed by atoms with Gasteiger partial charge in [-0.2, -0.15) is 5.26 Å². The van der Waals surface area contributed by atoms with Gasteiger partial charge in [0.1, 0.15) is 11.6 Å². The van der Waals surface area contributed by atoms with Crippen molar-refractivity contribution in [3.05, 3.63) is 60.3 Å². The van der Waals surface area contributed by atoms with Crippen molar-refractivity contribution in [1.29, 1.82) is 5.26 Å². The Kier molecular flexibility index (Phi) is 6.67. The van der Waals surface area contributed by atoms with Crippen LogP contribution in [-0.2, 0) is 14.3 Å². The van der Waals surface area contributed by atoms with E-state index in [-0.39, 0.29) is 5.57 Å². The van der Waals surface area contributed by atoms with Gasteiger partial charge < -0.3 is 20.7 Å². The number of nitriles is 1. The minimum Gasteiger partial charge on any atom is -0.399 e. The van der Waals surface area contributed by atoms with Crippen LogP contribution in [0.25, 0.3) is 0 Å². The fourth-order valence-corrected chi connectivity index (χ4v) is 3.15. The van der Waals surface area contributed by atoms with Crippen molar-refractivity contribution in [1.82, 2.24) is 0 Å². The Morgan fingerprint density at radius 3 is 2.47 bits per heavy atom. The van der Waals surface area contributed by atoms with Gasteiger partial charge in [-0.3, -0.25) is 9.59 Å². The Labute approximate surface area is 175 Å². The number of anilines is 4. The van der Waals surface area contributed by atoms with Crippen LogP contribution in [0.2, 0.25) is 0 Å². The van der Waals surface area contributed by atoms with Gasteiger partial charge in [0.25, 0.3) is 5.91 Å². The molecule has 1 aliphatic heterocycles. The minimum absolute atomic E-state index is 0.196. The molecule has 1 saturated heterocycles. The molecule has 1 heterocycles. The third-order valence-electron chi connectivity index (χ3n) is 4.65. The van der Waals surface area contributed by atoms with Gasteiger partial charge in [-0.1, -0.05) is 12.1 Å². The number of morpholine rings is 1. The van der Waals surface area contributed by atoms with Crippen LogP contribution in [-0.4, -0.2) is 38.1 Å². The molecule has 0 atom stereocenters. The van der Waals surface area contributed by atoms with E-state index in [0.29, 0.717) is 24.6 Å². The molecular formula is C22H23N5O3. The zero-order chi connectivity index (χ0) is 21.5. The van der Waals surface area contributed by atoms with E-state index in [1.54, 1.807) is 24.3 Å². The van der Waals surface area contributed by atoms with E-state index in [4.69, 9.17) is 10.5 Å². The first-order chi connectivity index (χ1) is 14.5. The predicted octanol–water partition coefficient (Wildman–Crippen LogP) is 2.50. The van der Waals surface area contributed by atoms with Crippen LogP contribution in [0.5, 0.6) is 0 Å². The predicted molar refractivity (Wildman–Crippen MR) is 116 cm³/mol.